The molecule has 0 aromatic heterocycles. The Kier molecular flexibility index (Phi) is 4.26. The number of aliphatic carboxylic acids is 1. The lowest BCUT2D eigenvalue weighted by Gasteiger charge is -2.03. The number of benzene rings is 1. The normalized spacial score (nSPS) is 11.4. The maximum Gasteiger partial charge on any atom is 0.329 e. The molecule has 14 heavy (non-hydrogen) atoms. The lowest BCUT2D eigenvalue weighted by Crippen LogP contribution is -1.90. The molecule has 0 aliphatic heterocycles. The number of carbonyl (C=O) groups is 1. The summed E-state index contributed by atoms with van der Waals surface area (Å²) in [5.74, 6) is -0.0293. The Morgan fingerprint density at radius 3 is 2.57 bits per heavy atom. The zero-order chi connectivity index (χ0) is 10.4. The average Bonchev–Trinajstić information content (AvgIpc) is 2.18. The second kappa shape index (κ2) is 5.50. The molecular formula is C11H12O2S. The summed E-state index contributed by atoms with van der Waals surface area (Å²) in [6.45, 7) is 2.00. The van der Waals surface area contributed by atoms with Crippen molar-refractivity contribution in [3.8, 4) is 0 Å². The Balaban J connectivity index is 2.94. The van der Waals surface area contributed by atoms with Crippen LogP contribution in [0.4, 0.5) is 0 Å². The smallest absolute Gasteiger partial charge is 0.329 e. The summed E-state index contributed by atoms with van der Waals surface area (Å²) in [5.41, 5.74) is 0.960. The van der Waals surface area contributed by atoms with E-state index >= 15 is 0 Å². The first-order valence-electron chi connectivity index (χ1n) is 4.37. The van der Waals surface area contributed by atoms with Gasteiger partial charge in [-0.1, -0.05) is 37.3 Å². The van der Waals surface area contributed by atoms with E-state index in [9.17, 15) is 4.79 Å². The van der Waals surface area contributed by atoms with Crippen molar-refractivity contribution >= 4 is 22.6 Å². The van der Waals surface area contributed by atoms with E-state index in [1.165, 1.54) is 17.8 Å². The van der Waals surface area contributed by atoms with E-state index in [2.05, 4.69) is 0 Å². The van der Waals surface area contributed by atoms with E-state index in [1.807, 2.05) is 37.3 Å². The molecule has 0 spiro atoms. The summed E-state index contributed by atoms with van der Waals surface area (Å²) in [7, 11) is 0. The average molecular weight is 208 g/mol. The number of carboxylic acids is 1. The van der Waals surface area contributed by atoms with Gasteiger partial charge in [0, 0.05) is 11.0 Å². The molecule has 0 heterocycles. The second-order valence-electron chi connectivity index (χ2n) is 2.65. The molecule has 1 rings (SSSR count). The van der Waals surface area contributed by atoms with Crippen molar-refractivity contribution < 1.29 is 9.90 Å². The van der Waals surface area contributed by atoms with E-state index in [1.54, 1.807) is 0 Å². The molecule has 1 N–H and O–H groups in total. The molecule has 0 unspecified atom stereocenters. The summed E-state index contributed by atoms with van der Waals surface area (Å²) >= 11 is 1.54. The van der Waals surface area contributed by atoms with Crippen molar-refractivity contribution in [1.29, 1.82) is 0 Å². The molecule has 3 heteroatoms. The van der Waals surface area contributed by atoms with Crippen LogP contribution in [0.1, 0.15) is 12.5 Å². The summed E-state index contributed by atoms with van der Waals surface area (Å²) < 4.78 is 0. The number of rotatable bonds is 4. The van der Waals surface area contributed by atoms with Gasteiger partial charge in [-0.2, -0.15) is 0 Å². The number of hydrogen-bond donors (Lipinski definition) is 1. The van der Waals surface area contributed by atoms with E-state index in [4.69, 9.17) is 5.11 Å². The van der Waals surface area contributed by atoms with Gasteiger partial charge in [-0.15, -0.1) is 11.8 Å². The molecule has 0 fully saturated rings. The minimum atomic E-state index is -0.898. The van der Waals surface area contributed by atoms with Crippen molar-refractivity contribution in [2.24, 2.45) is 0 Å². The fraction of sp³-hybridized carbons (Fsp3) is 0.182. The summed E-state index contributed by atoms with van der Waals surface area (Å²) in [6, 6.07) is 9.55. The third kappa shape index (κ3) is 3.26. The first kappa shape index (κ1) is 10.9. The number of carboxylic acid groups (broad SMARTS) is 1. The highest BCUT2D eigenvalue weighted by Gasteiger charge is 2.02. The highest BCUT2D eigenvalue weighted by molar-refractivity contribution is 8.08. The molecule has 0 amide bonds. The summed E-state index contributed by atoms with van der Waals surface area (Å²) in [6.07, 6.45) is 1.25. The Labute approximate surface area is 87.6 Å². The van der Waals surface area contributed by atoms with Gasteiger partial charge in [0.2, 0.25) is 0 Å². The fourth-order valence-corrected chi connectivity index (χ4v) is 1.88. The van der Waals surface area contributed by atoms with Gasteiger partial charge in [-0.3, -0.25) is 0 Å². The van der Waals surface area contributed by atoms with Crippen LogP contribution < -0.4 is 0 Å². The topological polar surface area (TPSA) is 37.3 Å². The second-order valence-corrected chi connectivity index (χ2v) is 3.95. The monoisotopic (exact) mass is 208 g/mol. The van der Waals surface area contributed by atoms with E-state index in [0.717, 1.165) is 16.2 Å². The van der Waals surface area contributed by atoms with Gasteiger partial charge in [0.1, 0.15) is 0 Å². The van der Waals surface area contributed by atoms with Gasteiger partial charge in [0.25, 0.3) is 0 Å². The highest BCUT2D eigenvalue weighted by Crippen LogP contribution is 2.26. The van der Waals surface area contributed by atoms with Gasteiger partial charge in [0.15, 0.2) is 0 Å². The Morgan fingerprint density at radius 1 is 1.43 bits per heavy atom. The SMILES string of the molecule is CCS/C(=C/C(=O)O)c1ccccc1. The molecule has 0 saturated carbocycles. The van der Waals surface area contributed by atoms with Crippen molar-refractivity contribution in [2.75, 3.05) is 5.75 Å². The molecule has 1 aromatic carbocycles. The first-order chi connectivity index (χ1) is 6.74. The zero-order valence-electron chi connectivity index (χ0n) is 7.93. The minimum absolute atomic E-state index is 0.806. The highest BCUT2D eigenvalue weighted by atomic mass is 32.2. The molecule has 0 saturated heterocycles. The van der Waals surface area contributed by atoms with Crippen LogP contribution in [-0.2, 0) is 4.79 Å². The lowest BCUT2D eigenvalue weighted by molar-refractivity contribution is -0.131. The predicted molar refractivity (Wildman–Crippen MR) is 60.2 cm³/mol. The molecule has 2 nitrogen and oxygen atoms in total. The van der Waals surface area contributed by atoms with Crippen molar-refractivity contribution in [2.45, 2.75) is 6.92 Å². The quantitative estimate of drug-likeness (QED) is 0.773. The Bertz CT molecular complexity index is 330. The Morgan fingerprint density at radius 2 is 2.07 bits per heavy atom. The van der Waals surface area contributed by atoms with E-state index < -0.39 is 5.97 Å². The van der Waals surface area contributed by atoms with Crippen molar-refractivity contribution in [1.82, 2.24) is 0 Å². The third-order valence-corrected chi connectivity index (χ3v) is 2.57. The number of hydrogen-bond acceptors (Lipinski definition) is 2. The van der Waals surface area contributed by atoms with E-state index in [-0.39, 0.29) is 0 Å². The predicted octanol–water partition coefficient (Wildman–Crippen LogP) is 2.87. The molecule has 74 valence electrons. The standard InChI is InChI=1S/C11H12O2S/c1-2-14-10(8-11(12)13)9-6-4-3-5-7-9/h3-8H,2H2,1H3,(H,12,13)/b10-8+. The van der Waals surface area contributed by atoms with Gasteiger partial charge in [-0.25, -0.2) is 4.79 Å². The van der Waals surface area contributed by atoms with Gasteiger partial charge >= 0.3 is 5.97 Å². The fourth-order valence-electron chi connectivity index (χ4n) is 1.08. The van der Waals surface area contributed by atoms with Crippen LogP contribution in [0.15, 0.2) is 36.4 Å². The lowest BCUT2D eigenvalue weighted by atomic mass is 10.2. The van der Waals surface area contributed by atoms with Gasteiger partial charge < -0.3 is 5.11 Å². The van der Waals surface area contributed by atoms with Crippen LogP contribution in [0, 0.1) is 0 Å². The van der Waals surface area contributed by atoms with Crippen molar-refractivity contribution in [3.05, 3.63) is 42.0 Å². The van der Waals surface area contributed by atoms with E-state index in [0.29, 0.717) is 0 Å². The maximum atomic E-state index is 10.6. The van der Waals surface area contributed by atoms with Crippen LogP contribution in [0.25, 0.3) is 4.91 Å². The van der Waals surface area contributed by atoms with Crippen LogP contribution in [-0.4, -0.2) is 16.8 Å². The third-order valence-electron chi connectivity index (χ3n) is 1.61. The molecular weight excluding hydrogens is 196 g/mol. The van der Waals surface area contributed by atoms with Crippen LogP contribution in [0.2, 0.25) is 0 Å². The Hall–Kier alpha value is -1.22. The van der Waals surface area contributed by atoms with Gasteiger partial charge in [0.05, 0.1) is 0 Å². The van der Waals surface area contributed by atoms with Crippen LogP contribution >= 0.6 is 11.8 Å². The van der Waals surface area contributed by atoms with Gasteiger partial charge in [-0.05, 0) is 11.3 Å². The zero-order valence-corrected chi connectivity index (χ0v) is 8.75. The summed E-state index contributed by atoms with van der Waals surface area (Å²) in [4.78, 5) is 11.4. The van der Waals surface area contributed by atoms with Crippen LogP contribution in [0.5, 0.6) is 0 Å². The maximum absolute atomic E-state index is 10.6. The molecule has 0 bridgehead atoms. The van der Waals surface area contributed by atoms with Crippen LogP contribution in [0.3, 0.4) is 0 Å². The molecule has 0 aliphatic rings. The molecule has 0 radical (unpaired) electrons. The minimum Gasteiger partial charge on any atom is -0.478 e. The largest absolute Gasteiger partial charge is 0.478 e. The molecule has 1 aromatic rings. The summed E-state index contributed by atoms with van der Waals surface area (Å²) in [5, 5.41) is 8.68. The number of thioether (sulfide) groups is 1. The first-order valence-corrected chi connectivity index (χ1v) is 5.35. The molecule has 0 aliphatic carbocycles. The van der Waals surface area contributed by atoms with Crippen molar-refractivity contribution in [3.63, 3.8) is 0 Å². The molecule has 0 atom stereocenters.